The number of hydrogen-bond acceptors (Lipinski definition) is 1. The van der Waals surface area contributed by atoms with Gasteiger partial charge in [0.15, 0.2) is 0 Å². The molecule has 1 amide bonds. The number of halogens is 1. The minimum absolute atomic E-state index is 0.0715. The molecule has 0 heterocycles. The van der Waals surface area contributed by atoms with E-state index in [9.17, 15) is 4.79 Å². The van der Waals surface area contributed by atoms with E-state index >= 15 is 0 Å². The molecule has 3 aromatic carbocycles. The minimum Gasteiger partial charge on any atom is -0.325 e. The Morgan fingerprint density at radius 2 is 1.42 bits per heavy atom. The Kier molecular flexibility index (Phi) is 4.97. The van der Waals surface area contributed by atoms with E-state index < -0.39 is 0 Å². The lowest BCUT2D eigenvalue weighted by Gasteiger charge is -2.19. The molecule has 120 valence electrons. The molecular weight excluding hydrogens is 318 g/mol. The number of aryl methyl sites for hydroxylation is 1. The van der Waals surface area contributed by atoms with Crippen LogP contribution in [0.4, 0.5) is 5.69 Å². The van der Waals surface area contributed by atoms with Crippen molar-refractivity contribution in [1.82, 2.24) is 0 Å². The van der Waals surface area contributed by atoms with Gasteiger partial charge in [-0.25, -0.2) is 0 Å². The second-order valence-electron chi connectivity index (χ2n) is 5.70. The summed E-state index contributed by atoms with van der Waals surface area (Å²) in [7, 11) is 0. The van der Waals surface area contributed by atoms with Gasteiger partial charge in [0, 0.05) is 10.7 Å². The predicted molar refractivity (Wildman–Crippen MR) is 99.5 cm³/mol. The van der Waals surface area contributed by atoms with E-state index in [1.165, 1.54) is 0 Å². The molecule has 3 rings (SSSR count). The summed E-state index contributed by atoms with van der Waals surface area (Å²) in [6.07, 6.45) is 0. The second kappa shape index (κ2) is 7.33. The average Bonchev–Trinajstić information content (AvgIpc) is 2.60. The molecule has 3 heteroatoms. The molecule has 0 spiro atoms. The maximum atomic E-state index is 13.0. The van der Waals surface area contributed by atoms with Gasteiger partial charge in [0.2, 0.25) is 5.91 Å². The summed E-state index contributed by atoms with van der Waals surface area (Å²) in [4.78, 5) is 13.0. The van der Waals surface area contributed by atoms with Crippen LogP contribution in [0.3, 0.4) is 0 Å². The number of carbonyl (C=O) groups is 1. The summed E-state index contributed by atoms with van der Waals surface area (Å²) in [6.45, 7) is 1.95. The first-order valence-corrected chi connectivity index (χ1v) is 8.20. The smallest absolute Gasteiger partial charge is 0.236 e. The predicted octanol–water partition coefficient (Wildman–Crippen LogP) is 5.42. The van der Waals surface area contributed by atoms with E-state index in [1.807, 2.05) is 79.7 Å². The highest BCUT2D eigenvalue weighted by Crippen LogP contribution is 2.28. The van der Waals surface area contributed by atoms with Crippen molar-refractivity contribution in [2.24, 2.45) is 0 Å². The fourth-order valence-corrected chi connectivity index (χ4v) is 2.89. The van der Waals surface area contributed by atoms with Gasteiger partial charge in [-0.1, -0.05) is 78.3 Å². The Morgan fingerprint density at radius 3 is 1.96 bits per heavy atom. The van der Waals surface area contributed by atoms with Crippen LogP contribution in [0.25, 0.3) is 0 Å². The van der Waals surface area contributed by atoms with Gasteiger partial charge in [0.25, 0.3) is 0 Å². The van der Waals surface area contributed by atoms with Crippen molar-refractivity contribution in [2.75, 3.05) is 5.32 Å². The maximum absolute atomic E-state index is 13.0. The van der Waals surface area contributed by atoms with Gasteiger partial charge in [-0.2, -0.15) is 0 Å². The van der Waals surface area contributed by atoms with Gasteiger partial charge >= 0.3 is 0 Å². The quantitative estimate of drug-likeness (QED) is 0.677. The average molecular weight is 336 g/mol. The zero-order chi connectivity index (χ0) is 16.9. The van der Waals surface area contributed by atoms with E-state index in [1.54, 1.807) is 6.07 Å². The molecule has 0 aliphatic heterocycles. The molecule has 0 aliphatic carbocycles. The summed E-state index contributed by atoms with van der Waals surface area (Å²) in [6, 6.07) is 25.1. The number of nitrogens with one attached hydrogen (secondary N) is 1. The molecule has 0 aromatic heterocycles. The Hall–Kier alpha value is -2.58. The van der Waals surface area contributed by atoms with Crippen LogP contribution >= 0.6 is 11.6 Å². The molecule has 24 heavy (non-hydrogen) atoms. The van der Waals surface area contributed by atoms with Gasteiger partial charge in [-0.3, -0.25) is 4.79 Å². The van der Waals surface area contributed by atoms with E-state index in [-0.39, 0.29) is 11.8 Å². The Bertz CT molecular complexity index is 791. The van der Waals surface area contributed by atoms with E-state index in [0.29, 0.717) is 5.02 Å². The molecule has 3 aromatic rings. The first-order valence-electron chi connectivity index (χ1n) is 7.82. The monoisotopic (exact) mass is 335 g/mol. The van der Waals surface area contributed by atoms with Crippen LogP contribution in [0.1, 0.15) is 22.6 Å². The van der Waals surface area contributed by atoms with Crippen molar-refractivity contribution in [1.29, 1.82) is 0 Å². The van der Waals surface area contributed by atoms with Crippen LogP contribution in [0.5, 0.6) is 0 Å². The van der Waals surface area contributed by atoms with Crippen molar-refractivity contribution in [3.63, 3.8) is 0 Å². The largest absolute Gasteiger partial charge is 0.325 e. The molecule has 1 N–H and O–H groups in total. The first kappa shape index (κ1) is 16.3. The lowest BCUT2D eigenvalue weighted by molar-refractivity contribution is -0.116. The zero-order valence-electron chi connectivity index (χ0n) is 13.4. The minimum atomic E-state index is -0.370. The van der Waals surface area contributed by atoms with E-state index in [2.05, 4.69) is 5.32 Å². The number of carbonyl (C=O) groups excluding carboxylic acids is 1. The van der Waals surface area contributed by atoms with Crippen molar-refractivity contribution in [3.05, 3.63) is 101 Å². The number of hydrogen-bond donors (Lipinski definition) is 1. The Labute approximate surface area is 147 Å². The first-order chi connectivity index (χ1) is 11.6. The van der Waals surface area contributed by atoms with E-state index in [4.69, 9.17) is 11.6 Å². The Morgan fingerprint density at radius 1 is 0.875 bits per heavy atom. The summed E-state index contributed by atoms with van der Waals surface area (Å²) in [5.74, 6) is -0.441. The molecular formula is C21H18ClNO. The third kappa shape index (κ3) is 3.66. The van der Waals surface area contributed by atoms with Crippen LogP contribution < -0.4 is 5.32 Å². The molecule has 0 aliphatic rings. The van der Waals surface area contributed by atoms with Crippen LogP contribution in [0.2, 0.25) is 5.02 Å². The van der Waals surface area contributed by atoms with Crippen molar-refractivity contribution < 1.29 is 4.79 Å². The van der Waals surface area contributed by atoms with Gasteiger partial charge in [0.05, 0.1) is 5.92 Å². The fraction of sp³-hybridized carbons (Fsp3) is 0.0952. The highest BCUT2D eigenvalue weighted by Gasteiger charge is 2.23. The normalized spacial score (nSPS) is 10.6. The zero-order valence-corrected chi connectivity index (χ0v) is 14.1. The molecule has 0 atom stereocenters. The molecule has 2 nitrogen and oxygen atoms in total. The van der Waals surface area contributed by atoms with Crippen LogP contribution in [0, 0.1) is 6.92 Å². The lowest BCUT2D eigenvalue weighted by atomic mass is 9.90. The van der Waals surface area contributed by atoms with E-state index in [0.717, 1.165) is 22.4 Å². The molecule has 0 saturated heterocycles. The van der Waals surface area contributed by atoms with Gasteiger partial charge in [-0.15, -0.1) is 0 Å². The lowest BCUT2D eigenvalue weighted by Crippen LogP contribution is -2.22. The second-order valence-corrected chi connectivity index (χ2v) is 6.14. The van der Waals surface area contributed by atoms with Crippen LogP contribution in [0.15, 0.2) is 78.9 Å². The van der Waals surface area contributed by atoms with Crippen molar-refractivity contribution in [3.8, 4) is 0 Å². The molecule has 0 fully saturated rings. The van der Waals surface area contributed by atoms with Crippen LogP contribution in [-0.2, 0) is 4.79 Å². The highest BCUT2D eigenvalue weighted by molar-refractivity contribution is 6.31. The molecule has 0 unspecified atom stereocenters. The summed E-state index contributed by atoms with van der Waals surface area (Å²) >= 11 is 6.06. The fourth-order valence-electron chi connectivity index (χ4n) is 2.72. The van der Waals surface area contributed by atoms with Gasteiger partial charge in [-0.05, 0) is 35.7 Å². The number of amides is 1. The SMILES string of the molecule is Cc1ccc(Cl)cc1NC(=O)C(c1ccccc1)c1ccccc1. The van der Waals surface area contributed by atoms with Gasteiger partial charge < -0.3 is 5.32 Å². The summed E-state index contributed by atoms with van der Waals surface area (Å²) in [5.41, 5.74) is 3.64. The van der Waals surface area contributed by atoms with Crippen molar-refractivity contribution >= 4 is 23.2 Å². The number of rotatable bonds is 4. The Balaban J connectivity index is 1.97. The number of benzene rings is 3. The molecule has 0 bridgehead atoms. The number of anilines is 1. The molecule has 0 radical (unpaired) electrons. The third-order valence-corrected chi connectivity index (χ3v) is 4.22. The third-order valence-electron chi connectivity index (χ3n) is 3.99. The maximum Gasteiger partial charge on any atom is 0.236 e. The molecule has 0 saturated carbocycles. The summed E-state index contributed by atoms with van der Waals surface area (Å²) < 4.78 is 0. The van der Waals surface area contributed by atoms with Crippen molar-refractivity contribution in [2.45, 2.75) is 12.8 Å². The summed E-state index contributed by atoms with van der Waals surface area (Å²) in [5, 5.41) is 3.63. The topological polar surface area (TPSA) is 29.1 Å². The standard InChI is InChI=1S/C21H18ClNO/c1-15-12-13-18(22)14-19(15)23-21(24)20(16-8-4-2-5-9-16)17-10-6-3-7-11-17/h2-14,20H,1H3,(H,23,24). The highest BCUT2D eigenvalue weighted by atomic mass is 35.5. The van der Waals surface area contributed by atoms with Crippen LogP contribution in [-0.4, -0.2) is 5.91 Å². The van der Waals surface area contributed by atoms with Gasteiger partial charge in [0.1, 0.15) is 0 Å².